The van der Waals surface area contributed by atoms with E-state index in [2.05, 4.69) is 30.2 Å². The van der Waals surface area contributed by atoms with E-state index in [-0.39, 0.29) is 0 Å². The van der Waals surface area contributed by atoms with Crippen molar-refractivity contribution < 1.29 is 0 Å². The van der Waals surface area contributed by atoms with Gasteiger partial charge in [0.05, 0.1) is 0 Å². The van der Waals surface area contributed by atoms with Gasteiger partial charge in [-0.1, -0.05) is 19.9 Å². The molecule has 2 nitrogen and oxygen atoms in total. The van der Waals surface area contributed by atoms with Crippen LogP contribution in [0.1, 0.15) is 38.7 Å². The monoisotopic (exact) mass is 232 g/mol. The molecule has 0 saturated heterocycles. The Morgan fingerprint density at radius 1 is 1.41 bits per heavy atom. The number of hydrogen-bond donors (Lipinski definition) is 1. The number of rotatable bonds is 5. The van der Waals surface area contributed by atoms with Crippen molar-refractivity contribution in [3.63, 3.8) is 0 Å². The SMILES string of the molecule is CCCNC1CCC(Cc2cccnc2)C1C. The third kappa shape index (κ3) is 3.29. The van der Waals surface area contributed by atoms with Gasteiger partial charge in [-0.25, -0.2) is 0 Å². The van der Waals surface area contributed by atoms with Crippen LogP contribution in [0.25, 0.3) is 0 Å². The van der Waals surface area contributed by atoms with Crippen molar-refractivity contribution in [2.24, 2.45) is 11.8 Å². The Hall–Kier alpha value is -0.890. The molecule has 0 aromatic carbocycles. The summed E-state index contributed by atoms with van der Waals surface area (Å²) in [7, 11) is 0. The maximum atomic E-state index is 4.20. The molecule has 1 aliphatic carbocycles. The summed E-state index contributed by atoms with van der Waals surface area (Å²) in [5, 5.41) is 3.68. The zero-order valence-corrected chi connectivity index (χ0v) is 11.0. The van der Waals surface area contributed by atoms with Crippen LogP contribution in [0, 0.1) is 11.8 Å². The molecule has 94 valence electrons. The zero-order chi connectivity index (χ0) is 12.1. The van der Waals surface area contributed by atoms with E-state index in [0.29, 0.717) is 0 Å². The molecule has 1 saturated carbocycles. The Morgan fingerprint density at radius 3 is 3.00 bits per heavy atom. The summed E-state index contributed by atoms with van der Waals surface area (Å²) in [5.41, 5.74) is 1.39. The first kappa shape index (κ1) is 12.6. The molecule has 2 rings (SSSR count). The minimum Gasteiger partial charge on any atom is -0.314 e. The molecule has 3 unspecified atom stereocenters. The van der Waals surface area contributed by atoms with Crippen LogP contribution in [0.15, 0.2) is 24.5 Å². The maximum Gasteiger partial charge on any atom is 0.0299 e. The molecule has 0 spiro atoms. The summed E-state index contributed by atoms with van der Waals surface area (Å²) >= 11 is 0. The Balaban J connectivity index is 1.87. The lowest BCUT2D eigenvalue weighted by Gasteiger charge is -2.21. The summed E-state index contributed by atoms with van der Waals surface area (Å²) in [5.74, 6) is 1.62. The van der Waals surface area contributed by atoms with Crippen molar-refractivity contribution in [3.05, 3.63) is 30.1 Å². The van der Waals surface area contributed by atoms with Crippen LogP contribution >= 0.6 is 0 Å². The molecule has 1 heterocycles. The third-order valence-corrected chi connectivity index (χ3v) is 4.10. The molecule has 1 N–H and O–H groups in total. The van der Waals surface area contributed by atoms with E-state index in [1.807, 2.05) is 18.5 Å². The summed E-state index contributed by atoms with van der Waals surface area (Å²) < 4.78 is 0. The lowest BCUT2D eigenvalue weighted by Crippen LogP contribution is -2.33. The van der Waals surface area contributed by atoms with Gasteiger partial charge in [0.2, 0.25) is 0 Å². The number of nitrogens with one attached hydrogen (secondary N) is 1. The molecule has 1 aromatic heterocycles. The smallest absolute Gasteiger partial charge is 0.0299 e. The standard InChI is InChI=1S/C15H24N2/c1-3-8-17-15-7-6-14(12(15)2)10-13-5-4-9-16-11-13/h4-5,9,11-12,14-15,17H,3,6-8,10H2,1-2H3. The van der Waals surface area contributed by atoms with E-state index in [1.54, 1.807) is 0 Å². The first-order chi connectivity index (χ1) is 8.31. The van der Waals surface area contributed by atoms with Crippen LogP contribution < -0.4 is 5.32 Å². The van der Waals surface area contributed by atoms with Gasteiger partial charge in [-0.15, -0.1) is 0 Å². The average Bonchev–Trinajstić information content (AvgIpc) is 2.70. The lowest BCUT2D eigenvalue weighted by molar-refractivity contribution is 0.351. The Morgan fingerprint density at radius 2 is 2.29 bits per heavy atom. The van der Waals surface area contributed by atoms with E-state index >= 15 is 0 Å². The molecule has 17 heavy (non-hydrogen) atoms. The predicted octanol–water partition coefficient (Wildman–Crippen LogP) is 3.04. The average molecular weight is 232 g/mol. The number of pyridine rings is 1. The highest BCUT2D eigenvalue weighted by atomic mass is 14.9. The quantitative estimate of drug-likeness (QED) is 0.844. The fraction of sp³-hybridized carbons (Fsp3) is 0.667. The predicted molar refractivity (Wildman–Crippen MR) is 71.9 cm³/mol. The van der Waals surface area contributed by atoms with Gasteiger partial charge in [-0.05, 0) is 55.7 Å². The van der Waals surface area contributed by atoms with Crippen LogP contribution in [0.4, 0.5) is 0 Å². The van der Waals surface area contributed by atoms with Crippen molar-refractivity contribution in [1.82, 2.24) is 10.3 Å². The van der Waals surface area contributed by atoms with Gasteiger partial charge in [-0.3, -0.25) is 4.98 Å². The third-order valence-electron chi connectivity index (χ3n) is 4.10. The minimum absolute atomic E-state index is 0.733. The molecular formula is C15H24N2. The van der Waals surface area contributed by atoms with Gasteiger partial charge in [0.1, 0.15) is 0 Å². The second kappa shape index (κ2) is 6.15. The lowest BCUT2D eigenvalue weighted by atomic mass is 9.90. The van der Waals surface area contributed by atoms with E-state index in [4.69, 9.17) is 0 Å². The van der Waals surface area contributed by atoms with Gasteiger partial charge < -0.3 is 5.32 Å². The van der Waals surface area contributed by atoms with E-state index < -0.39 is 0 Å². The minimum atomic E-state index is 0.733. The summed E-state index contributed by atoms with van der Waals surface area (Å²) in [6, 6.07) is 4.98. The van der Waals surface area contributed by atoms with Gasteiger partial charge in [-0.2, -0.15) is 0 Å². The molecule has 1 aromatic rings. The second-order valence-electron chi connectivity index (χ2n) is 5.32. The van der Waals surface area contributed by atoms with Crippen LogP contribution in [-0.2, 0) is 6.42 Å². The molecule has 0 amide bonds. The molecule has 0 bridgehead atoms. The van der Waals surface area contributed by atoms with E-state index in [1.165, 1.54) is 31.2 Å². The van der Waals surface area contributed by atoms with Gasteiger partial charge >= 0.3 is 0 Å². The van der Waals surface area contributed by atoms with Crippen LogP contribution in [0.5, 0.6) is 0 Å². The molecule has 1 fully saturated rings. The highest BCUT2D eigenvalue weighted by Gasteiger charge is 2.31. The highest BCUT2D eigenvalue weighted by molar-refractivity contribution is 5.10. The number of nitrogens with zero attached hydrogens (tertiary/aromatic N) is 1. The van der Waals surface area contributed by atoms with Crippen molar-refractivity contribution in [1.29, 1.82) is 0 Å². The Labute approximate surface area is 105 Å². The normalized spacial score (nSPS) is 28.5. The molecule has 0 aliphatic heterocycles. The summed E-state index contributed by atoms with van der Waals surface area (Å²) in [6.07, 6.45) is 8.99. The van der Waals surface area contributed by atoms with Crippen molar-refractivity contribution >= 4 is 0 Å². The summed E-state index contributed by atoms with van der Waals surface area (Å²) in [6.45, 7) is 5.80. The molecule has 1 aliphatic rings. The summed E-state index contributed by atoms with van der Waals surface area (Å²) in [4.78, 5) is 4.20. The largest absolute Gasteiger partial charge is 0.314 e. The second-order valence-corrected chi connectivity index (χ2v) is 5.32. The van der Waals surface area contributed by atoms with Gasteiger partial charge in [0, 0.05) is 18.4 Å². The fourth-order valence-electron chi connectivity index (χ4n) is 2.98. The topological polar surface area (TPSA) is 24.9 Å². The molecular weight excluding hydrogens is 208 g/mol. The van der Waals surface area contributed by atoms with Crippen LogP contribution in [0.2, 0.25) is 0 Å². The Bertz CT molecular complexity index is 323. The van der Waals surface area contributed by atoms with Crippen molar-refractivity contribution in [2.75, 3.05) is 6.54 Å². The molecule has 0 radical (unpaired) electrons. The van der Waals surface area contributed by atoms with Gasteiger partial charge in [0.15, 0.2) is 0 Å². The van der Waals surface area contributed by atoms with E-state index in [0.717, 1.165) is 24.4 Å². The van der Waals surface area contributed by atoms with Crippen LogP contribution in [-0.4, -0.2) is 17.6 Å². The first-order valence-electron chi connectivity index (χ1n) is 6.93. The Kier molecular flexibility index (Phi) is 4.55. The van der Waals surface area contributed by atoms with Crippen molar-refractivity contribution in [2.45, 2.75) is 45.6 Å². The van der Waals surface area contributed by atoms with Crippen LogP contribution in [0.3, 0.4) is 0 Å². The fourth-order valence-corrected chi connectivity index (χ4v) is 2.98. The van der Waals surface area contributed by atoms with E-state index in [9.17, 15) is 0 Å². The number of aromatic nitrogens is 1. The highest BCUT2D eigenvalue weighted by Crippen LogP contribution is 2.34. The number of hydrogen-bond acceptors (Lipinski definition) is 2. The maximum absolute atomic E-state index is 4.20. The zero-order valence-electron chi connectivity index (χ0n) is 11.0. The van der Waals surface area contributed by atoms with Gasteiger partial charge in [0.25, 0.3) is 0 Å². The first-order valence-corrected chi connectivity index (χ1v) is 6.93. The van der Waals surface area contributed by atoms with Crippen molar-refractivity contribution in [3.8, 4) is 0 Å². The molecule has 2 heteroatoms. The molecule has 3 atom stereocenters.